The summed E-state index contributed by atoms with van der Waals surface area (Å²) in [6.45, 7) is 2.58. The van der Waals surface area contributed by atoms with E-state index in [1.165, 1.54) is 13.8 Å². The van der Waals surface area contributed by atoms with E-state index in [0.29, 0.717) is 0 Å². The molecule has 0 fully saturated rings. The molecule has 0 radical (unpaired) electrons. The summed E-state index contributed by atoms with van der Waals surface area (Å²) < 4.78 is 0. The molecule has 4 atom stereocenters. The van der Waals surface area contributed by atoms with Gasteiger partial charge in [-0.05, 0) is 6.92 Å². The second-order valence-electron chi connectivity index (χ2n) is 3.31. The van der Waals surface area contributed by atoms with E-state index in [-0.39, 0.29) is 0 Å². The van der Waals surface area contributed by atoms with Crippen LogP contribution in [0.4, 0.5) is 0 Å². The van der Waals surface area contributed by atoms with Crippen LogP contribution in [0, 0.1) is 11.8 Å². The molecular formula is C8H15NO5. The summed E-state index contributed by atoms with van der Waals surface area (Å²) in [6, 6.07) is -1.11. The highest BCUT2D eigenvalue weighted by Crippen LogP contribution is 2.15. The number of carboxylic acids is 2. The Kier molecular flexibility index (Phi) is 4.52. The fraction of sp³-hybridized carbons (Fsp3) is 0.750. The van der Waals surface area contributed by atoms with E-state index >= 15 is 0 Å². The van der Waals surface area contributed by atoms with Gasteiger partial charge in [0.05, 0.1) is 17.9 Å². The molecule has 0 amide bonds. The molecular weight excluding hydrogens is 190 g/mol. The van der Waals surface area contributed by atoms with Crippen LogP contribution in [-0.4, -0.2) is 39.4 Å². The molecule has 82 valence electrons. The van der Waals surface area contributed by atoms with Gasteiger partial charge in [-0.15, -0.1) is 0 Å². The van der Waals surface area contributed by atoms with Crippen molar-refractivity contribution in [2.75, 3.05) is 0 Å². The minimum absolute atomic E-state index is 1.01. The van der Waals surface area contributed by atoms with Crippen LogP contribution in [0.15, 0.2) is 0 Å². The van der Waals surface area contributed by atoms with Crippen LogP contribution in [-0.2, 0) is 9.59 Å². The average Bonchev–Trinajstić information content (AvgIpc) is 2.01. The fourth-order valence-electron chi connectivity index (χ4n) is 1.17. The third kappa shape index (κ3) is 2.97. The molecule has 0 aromatic rings. The highest BCUT2D eigenvalue weighted by atomic mass is 16.4. The van der Waals surface area contributed by atoms with E-state index in [9.17, 15) is 9.59 Å². The van der Waals surface area contributed by atoms with Gasteiger partial charge in [0.1, 0.15) is 0 Å². The maximum Gasteiger partial charge on any atom is 0.310 e. The first-order chi connectivity index (χ1) is 6.29. The normalized spacial score (nSPS) is 19.4. The van der Waals surface area contributed by atoms with Crippen molar-refractivity contribution in [2.45, 2.75) is 26.0 Å². The van der Waals surface area contributed by atoms with Crippen molar-refractivity contribution in [3.63, 3.8) is 0 Å². The molecule has 0 aromatic heterocycles. The van der Waals surface area contributed by atoms with Crippen molar-refractivity contribution < 1.29 is 24.9 Å². The molecule has 0 aromatic carbocycles. The number of carbonyl (C=O) groups is 2. The monoisotopic (exact) mass is 205 g/mol. The molecule has 0 saturated carbocycles. The van der Waals surface area contributed by atoms with Crippen molar-refractivity contribution in [3.05, 3.63) is 0 Å². The topological polar surface area (TPSA) is 121 Å². The van der Waals surface area contributed by atoms with Crippen molar-refractivity contribution in [1.82, 2.24) is 0 Å². The largest absolute Gasteiger partial charge is 0.481 e. The van der Waals surface area contributed by atoms with E-state index in [0.717, 1.165) is 0 Å². The fourth-order valence-corrected chi connectivity index (χ4v) is 1.17. The predicted octanol–water partition coefficient (Wildman–Crippen LogP) is -0.884. The Hall–Kier alpha value is -1.14. The zero-order valence-electron chi connectivity index (χ0n) is 8.04. The van der Waals surface area contributed by atoms with Gasteiger partial charge in [-0.25, -0.2) is 0 Å². The van der Waals surface area contributed by atoms with Gasteiger partial charge in [0.15, 0.2) is 0 Å². The lowest BCUT2D eigenvalue weighted by Crippen LogP contribution is -2.48. The molecule has 0 aliphatic carbocycles. The minimum atomic E-state index is -1.29. The predicted molar refractivity (Wildman–Crippen MR) is 47.6 cm³/mol. The first-order valence-electron chi connectivity index (χ1n) is 4.18. The molecule has 0 heterocycles. The summed E-state index contributed by atoms with van der Waals surface area (Å²) in [7, 11) is 0. The molecule has 6 heteroatoms. The van der Waals surface area contributed by atoms with E-state index in [2.05, 4.69) is 0 Å². The van der Waals surface area contributed by atoms with E-state index in [1.54, 1.807) is 0 Å². The van der Waals surface area contributed by atoms with Crippen LogP contribution < -0.4 is 5.73 Å². The smallest absolute Gasteiger partial charge is 0.310 e. The van der Waals surface area contributed by atoms with Gasteiger partial charge < -0.3 is 21.1 Å². The van der Waals surface area contributed by atoms with Gasteiger partial charge in [0.25, 0.3) is 0 Å². The average molecular weight is 205 g/mol. The van der Waals surface area contributed by atoms with Gasteiger partial charge >= 0.3 is 11.9 Å². The number of rotatable bonds is 5. The Labute approximate surface area is 81.3 Å². The quantitative estimate of drug-likeness (QED) is 0.462. The lowest BCUT2D eigenvalue weighted by atomic mass is 9.87. The number of hydrogen-bond acceptors (Lipinski definition) is 4. The summed E-state index contributed by atoms with van der Waals surface area (Å²) in [6.07, 6.45) is -1.18. The summed E-state index contributed by atoms with van der Waals surface area (Å²) in [5, 5.41) is 26.5. The highest BCUT2D eigenvalue weighted by Gasteiger charge is 2.35. The van der Waals surface area contributed by atoms with Gasteiger partial charge in [-0.2, -0.15) is 0 Å². The number of carboxylic acid groups (broad SMARTS) is 2. The third-order valence-corrected chi connectivity index (χ3v) is 2.19. The molecule has 0 saturated heterocycles. The van der Waals surface area contributed by atoms with Gasteiger partial charge in [-0.3, -0.25) is 9.59 Å². The third-order valence-electron chi connectivity index (χ3n) is 2.19. The molecule has 0 aliphatic rings. The molecule has 14 heavy (non-hydrogen) atoms. The van der Waals surface area contributed by atoms with Gasteiger partial charge in [0.2, 0.25) is 0 Å². The second kappa shape index (κ2) is 4.92. The van der Waals surface area contributed by atoms with Crippen molar-refractivity contribution in [3.8, 4) is 0 Å². The van der Waals surface area contributed by atoms with Crippen molar-refractivity contribution in [1.29, 1.82) is 0 Å². The van der Waals surface area contributed by atoms with Crippen molar-refractivity contribution >= 4 is 11.9 Å². The van der Waals surface area contributed by atoms with E-state index in [1.807, 2.05) is 0 Å². The zero-order valence-corrected chi connectivity index (χ0v) is 8.04. The first kappa shape index (κ1) is 12.9. The Morgan fingerprint density at radius 1 is 1.14 bits per heavy atom. The minimum Gasteiger partial charge on any atom is -0.481 e. The molecule has 0 aliphatic heterocycles. The van der Waals surface area contributed by atoms with Crippen molar-refractivity contribution in [2.24, 2.45) is 17.6 Å². The molecule has 0 rings (SSSR count). The van der Waals surface area contributed by atoms with Gasteiger partial charge in [0, 0.05) is 6.04 Å². The molecule has 6 nitrogen and oxygen atoms in total. The number of hydrogen-bond donors (Lipinski definition) is 4. The number of aliphatic hydroxyl groups is 1. The second-order valence-corrected chi connectivity index (χ2v) is 3.31. The van der Waals surface area contributed by atoms with Crippen LogP contribution in [0.25, 0.3) is 0 Å². The van der Waals surface area contributed by atoms with E-state index in [4.69, 9.17) is 21.1 Å². The molecule has 0 unspecified atom stereocenters. The maximum atomic E-state index is 10.7. The highest BCUT2D eigenvalue weighted by molar-refractivity contribution is 5.75. The van der Waals surface area contributed by atoms with Gasteiger partial charge in [-0.1, -0.05) is 6.92 Å². The summed E-state index contributed by atoms with van der Waals surface area (Å²) in [4.78, 5) is 21.2. The van der Waals surface area contributed by atoms with E-state index < -0.39 is 35.9 Å². The lowest BCUT2D eigenvalue weighted by molar-refractivity contribution is -0.149. The summed E-state index contributed by atoms with van der Waals surface area (Å²) in [5.74, 6) is -4.74. The number of nitrogens with two attached hydrogens (primary N) is 1. The summed E-state index contributed by atoms with van der Waals surface area (Å²) >= 11 is 0. The molecule has 0 spiro atoms. The number of aliphatic carboxylic acids is 2. The molecule has 5 N–H and O–H groups in total. The number of aliphatic hydroxyl groups excluding tert-OH is 1. The Bertz CT molecular complexity index is 228. The van der Waals surface area contributed by atoms with Crippen LogP contribution in [0.2, 0.25) is 0 Å². The Morgan fingerprint density at radius 3 is 1.79 bits per heavy atom. The Morgan fingerprint density at radius 2 is 1.57 bits per heavy atom. The van der Waals surface area contributed by atoms with Crippen LogP contribution >= 0.6 is 0 Å². The maximum absolute atomic E-state index is 10.7. The summed E-state index contributed by atoms with van der Waals surface area (Å²) in [5.41, 5.74) is 5.44. The lowest BCUT2D eigenvalue weighted by Gasteiger charge is -2.25. The van der Waals surface area contributed by atoms with Crippen LogP contribution in [0.5, 0.6) is 0 Å². The Balaban J connectivity index is 4.68. The zero-order chi connectivity index (χ0) is 11.5. The van der Waals surface area contributed by atoms with Crippen LogP contribution in [0.3, 0.4) is 0 Å². The first-order valence-corrected chi connectivity index (χ1v) is 4.18. The standard InChI is InChI=1S/C8H15NO5/c1-3(7(11)12)6(9)5(4(2)10)8(13)14/h3-6,10H,9H2,1-2H3,(H,11,12)(H,13,14)/t3-,4-,5-,6-/m1/s1. The SMILES string of the molecule is C[C@@H](O)[C@@H](C(=O)O)[C@H](N)[C@@H](C)C(=O)O. The van der Waals surface area contributed by atoms with Crippen LogP contribution in [0.1, 0.15) is 13.8 Å². The molecule has 0 bridgehead atoms.